The standard InChI is InChI=1S/C29H37FO6/c1-17-13-22-21-10-9-19-14-20(32)11-12-26(19,2)28(21,30)23(33)15-27(22,3)29(17,24(34)16-31)36-25(35)18-7-5-4-6-8-18/h4-8,17,19,21-23,31,33H,9-16H2,1-3H3/t17-,19+,21-,22-,23-,26-,27-,28-,29-/m0/s1. The molecule has 196 valence electrons. The van der Waals surface area contributed by atoms with Crippen LogP contribution in [0.25, 0.3) is 0 Å². The molecule has 0 radical (unpaired) electrons. The molecule has 9 atom stereocenters. The number of halogens is 1. The highest BCUT2D eigenvalue weighted by Crippen LogP contribution is 2.72. The lowest BCUT2D eigenvalue weighted by Gasteiger charge is -2.65. The third-order valence-corrected chi connectivity index (χ3v) is 10.9. The fourth-order valence-corrected chi connectivity index (χ4v) is 9.14. The van der Waals surface area contributed by atoms with Gasteiger partial charge in [0.25, 0.3) is 0 Å². The predicted molar refractivity (Wildman–Crippen MR) is 130 cm³/mol. The Kier molecular flexibility index (Phi) is 5.99. The van der Waals surface area contributed by atoms with E-state index in [1.54, 1.807) is 30.3 Å². The molecule has 0 spiro atoms. The van der Waals surface area contributed by atoms with E-state index >= 15 is 4.39 Å². The van der Waals surface area contributed by atoms with Crippen LogP contribution in [0.2, 0.25) is 0 Å². The minimum Gasteiger partial charge on any atom is -0.446 e. The van der Waals surface area contributed by atoms with Crippen LogP contribution in [0.1, 0.15) is 76.1 Å². The van der Waals surface area contributed by atoms with Crippen molar-refractivity contribution in [2.75, 3.05) is 6.61 Å². The third-order valence-electron chi connectivity index (χ3n) is 10.9. The number of fused-ring (bicyclic) bond motifs is 5. The second-order valence-electron chi connectivity index (χ2n) is 12.3. The van der Waals surface area contributed by atoms with Crippen molar-refractivity contribution in [3.8, 4) is 0 Å². The van der Waals surface area contributed by atoms with Crippen LogP contribution in [0.5, 0.6) is 0 Å². The number of esters is 1. The number of hydrogen-bond acceptors (Lipinski definition) is 6. The van der Waals surface area contributed by atoms with E-state index in [-0.39, 0.29) is 29.6 Å². The SMILES string of the molecule is C[C@H]1C[C@H]2[C@@H]3CC[C@@H]4CC(=O)CC[C@]4(C)[C@@]3(F)[C@@H](O)C[C@]2(C)[C@@]1(OC(=O)c1ccccc1)C(=O)CO. The second-order valence-corrected chi connectivity index (χ2v) is 12.3. The van der Waals surface area contributed by atoms with Gasteiger partial charge in [-0.05, 0) is 62.0 Å². The molecule has 1 aromatic carbocycles. The third kappa shape index (κ3) is 3.11. The zero-order valence-electron chi connectivity index (χ0n) is 21.3. The lowest BCUT2D eigenvalue weighted by Crippen LogP contribution is -2.71. The second kappa shape index (κ2) is 8.45. The molecule has 6 nitrogen and oxygen atoms in total. The van der Waals surface area contributed by atoms with Crippen molar-refractivity contribution >= 4 is 17.5 Å². The molecule has 5 rings (SSSR count). The van der Waals surface area contributed by atoms with Crippen LogP contribution in [0.3, 0.4) is 0 Å². The normalized spacial score (nSPS) is 45.8. The summed E-state index contributed by atoms with van der Waals surface area (Å²) in [4.78, 5) is 39.0. The number of carbonyl (C=O) groups excluding carboxylic acids is 3. The smallest absolute Gasteiger partial charge is 0.339 e. The number of Topliss-reactive ketones (excluding diaryl/α,β-unsaturated/α-hetero) is 2. The van der Waals surface area contributed by atoms with E-state index in [4.69, 9.17) is 4.74 Å². The van der Waals surface area contributed by atoms with Crippen molar-refractivity contribution in [1.82, 2.24) is 0 Å². The number of ketones is 2. The molecule has 4 saturated carbocycles. The van der Waals surface area contributed by atoms with E-state index in [0.717, 1.165) is 0 Å². The summed E-state index contributed by atoms with van der Waals surface area (Å²) in [5, 5.41) is 21.6. The number of benzene rings is 1. The van der Waals surface area contributed by atoms with Crippen LogP contribution in [-0.4, -0.2) is 51.7 Å². The summed E-state index contributed by atoms with van der Waals surface area (Å²) in [6.07, 6.45) is 1.28. The topological polar surface area (TPSA) is 101 Å². The van der Waals surface area contributed by atoms with Gasteiger partial charge in [-0.1, -0.05) is 39.0 Å². The van der Waals surface area contributed by atoms with Gasteiger partial charge in [0, 0.05) is 29.6 Å². The molecule has 0 aliphatic heterocycles. The van der Waals surface area contributed by atoms with Crippen LogP contribution in [-0.2, 0) is 14.3 Å². The van der Waals surface area contributed by atoms with Crippen LogP contribution in [0, 0.1) is 34.5 Å². The molecule has 4 aliphatic carbocycles. The van der Waals surface area contributed by atoms with Gasteiger partial charge in [0.05, 0.1) is 11.7 Å². The quantitative estimate of drug-likeness (QED) is 0.605. The first-order chi connectivity index (χ1) is 17.0. The number of alkyl halides is 1. The molecule has 0 amide bonds. The van der Waals surface area contributed by atoms with Gasteiger partial charge in [-0.25, -0.2) is 9.18 Å². The monoisotopic (exact) mass is 500 g/mol. The Morgan fingerprint density at radius 3 is 2.47 bits per heavy atom. The Morgan fingerprint density at radius 1 is 1.11 bits per heavy atom. The summed E-state index contributed by atoms with van der Waals surface area (Å²) >= 11 is 0. The number of rotatable bonds is 4. The molecule has 7 heteroatoms. The summed E-state index contributed by atoms with van der Waals surface area (Å²) in [5.41, 5.74) is -5.17. The molecule has 4 fully saturated rings. The average Bonchev–Trinajstić information content (AvgIpc) is 3.07. The predicted octanol–water partition coefficient (Wildman–Crippen LogP) is 4.06. The lowest BCUT2D eigenvalue weighted by molar-refractivity contribution is -0.254. The molecular weight excluding hydrogens is 463 g/mol. The fourth-order valence-electron chi connectivity index (χ4n) is 9.14. The first-order valence-electron chi connectivity index (χ1n) is 13.3. The molecule has 4 aliphatic rings. The number of carbonyl (C=O) groups is 3. The largest absolute Gasteiger partial charge is 0.446 e. The number of ether oxygens (including phenoxy) is 1. The molecule has 0 saturated heterocycles. The maximum absolute atomic E-state index is 17.5. The average molecular weight is 501 g/mol. The van der Waals surface area contributed by atoms with E-state index in [2.05, 4.69) is 0 Å². The van der Waals surface area contributed by atoms with Crippen LogP contribution >= 0.6 is 0 Å². The summed E-state index contributed by atoms with van der Waals surface area (Å²) < 4.78 is 23.6. The first-order valence-corrected chi connectivity index (χ1v) is 13.3. The molecule has 0 bridgehead atoms. The Balaban J connectivity index is 1.58. The highest BCUT2D eigenvalue weighted by atomic mass is 19.1. The van der Waals surface area contributed by atoms with E-state index in [1.165, 1.54) is 0 Å². The highest BCUT2D eigenvalue weighted by molar-refractivity contribution is 5.96. The molecule has 2 N–H and O–H groups in total. The van der Waals surface area contributed by atoms with Gasteiger partial charge >= 0.3 is 5.97 Å². The summed E-state index contributed by atoms with van der Waals surface area (Å²) in [6.45, 7) is 4.74. The molecule has 36 heavy (non-hydrogen) atoms. The summed E-state index contributed by atoms with van der Waals surface area (Å²) in [7, 11) is 0. The van der Waals surface area contributed by atoms with Gasteiger partial charge in [-0.3, -0.25) is 9.59 Å². The van der Waals surface area contributed by atoms with Gasteiger partial charge in [0.1, 0.15) is 18.1 Å². The minimum absolute atomic E-state index is 0.0565. The Morgan fingerprint density at radius 2 is 1.81 bits per heavy atom. The van der Waals surface area contributed by atoms with Crippen LogP contribution < -0.4 is 0 Å². The molecule has 0 heterocycles. The van der Waals surface area contributed by atoms with Crippen molar-refractivity contribution in [1.29, 1.82) is 0 Å². The summed E-state index contributed by atoms with van der Waals surface area (Å²) in [5.74, 6) is -2.55. The number of aliphatic hydroxyl groups is 2. The minimum atomic E-state index is -1.90. The van der Waals surface area contributed by atoms with Gasteiger partial charge in [-0.2, -0.15) is 0 Å². The molecule has 0 unspecified atom stereocenters. The Bertz CT molecular complexity index is 1070. The highest BCUT2D eigenvalue weighted by Gasteiger charge is 2.77. The van der Waals surface area contributed by atoms with Gasteiger partial charge in [0.15, 0.2) is 5.60 Å². The maximum atomic E-state index is 17.5. The first kappa shape index (κ1) is 25.5. The zero-order chi connectivity index (χ0) is 26.1. The summed E-state index contributed by atoms with van der Waals surface area (Å²) in [6, 6.07) is 8.39. The lowest BCUT2D eigenvalue weighted by atomic mass is 9.42. The van der Waals surface area contributed by atoms with Crippen molar-refractivity contribution in [2.45, 2.75) is 83.1 Å². The van der Waals surface area contributed by atoms with E-state index in [0.29, 0.717) is 38.5 Å². The van der Waals surface area contributed by atoms with Gasteiger partial charge < -0.3 is 14.9 Å². The number of aliphatic hydroxyl groups excluding tert-OH is 2. The van der Waals surface area contributed by atoms with Crippen LogP contribution in [0.4, 0.5) is 4.39 Å². The fraction of sp³-hybridized carbons (Fsp3) is 0.690. The molecule has 1 aromatic rings. The van der Waals surface area contributed by atoms with Crippen molar-refractivity contribution in [3.05, 3.63) is 35.9 Å². The van der Waals surface area contributed by atoms with E-state index in [1.807, 2.05) is 20.8 Å². The van der Waals surface area contributed by atoms with E-state index in [9.17, 15) is 24.6 Å². The Labute approximate surface area is 211 Å². The van der Waals surface area contributed by atoms with Crippen molar-refractivity contribution in [3.63, 3.8) is 0 Å². The molecular formula is C29H37FO6. The van der Waals surface area contributed by atoms with Gasteiger partial charge in [-0.15, -0.1) is 0 Å². The Hall–Kier alpha value is -2.12. The van der Waals surface area contributed by atoms with Crippen molar-refractivity contribution in [2.24, 2.45) is 34.5 Å². The maximum Gasteiger partial charge on any atom is 0.339 e. The number of hydrogen-bond donors (Lipinski definition) is 2. The molecule has 0 aromatic heterocycles. The van der Waals surface area contributed by atoms with E-state index < -0.39 is 58.4 Å². The van der Waals surface area contributed by atoms with Crippen LogP contribution in [0.15, 0.2) is 30.3 Å². The van der Waals surface area contributed by atoms with Crippen molar-refractivity contribution < 1.29 is 33.7 Å². The zero-order valence-corrected chi connectivity index (χ0v) is 21.3. The van der Waals surface area contributed by atoms with Gasteiger partial charge in [0.2, 0.25) is 5.78 Å².